The number of thiophene rings is 1. The van der Waals surface area contributed by atoms with Crippen LogP contribution in [0, 0.1) is 0 Å². The number of esters is 1. The first-order valence-corrected chi connectivity index (χ1v) is 8.59. The molecule has 22 heavy (non-hydrogen) atoms. The lowest BCUT2D eigenvalue weighted by Crippen LogP contribution is -2.70. The van der Waals surface area contributed by atoms with Gasteiger partial charge in [-0.15, -0.1) is 23.1 Å². The van der Waals surface area contributed by atoms with Gasteiger partial charge < -0.3 is 10.1 Å². The molecule has 2 aliphatic heterocycles. The summed E-state index contributed by atoms with van der Waals surface area (Å²) < 4.78 is 4.68. The van der Waals surface area contributed by atoms with Crippen LogP contribution < -0.4 is 5.32 Å². The smallest absolute Gasteiger partial charge is 0.354 e. The molecule has 6 nitrogen and oxygen atoms in total. The van der Waals surface area contributed by atoms with Crippen molar-refractivity contribution >= 4 is 40.9 Å². The molecule has 0 saturated carbocycles. The van der Waals surface area contributed by atoms with Crippen LogP contribution in [0.25, 0.3) is 0 Å². The van der Waals surface area contributed by atoms with E-state index in [0.29, 0.717) is 5.75 Å². The number of hydrogen-bond acceptors (Lipinski definition) is 6. The van der Waals surface area contributed by atoms with Crippen molar-refractivity contribution in [1.29, 1.82) is 0 Å². The fourth-order valence-electron chi connectivity index (χ4n) is 2.43. The summed E-state index contributed by atoms with van der Waals surface area (Å²) in [5, 5.41) is 4.43. The second-order valence-corrected chi connectivity index (χ2v) is 7.00. The Hall–Kier alpha value is -1.80. The molecule has 1 N–H and O–H groups in total. The zero-order valence-electron chi connectivity index (χ0n) is 11.8. The Morgan fingerprint density at radius 1 is 1.50 bits per heavy atom. The Balaban J connectivity index is 1.64. The lowest BCUT2D eigenvalue weighted by molar-refractivity contribution is -0.151. The molecule has 0 radical (unpaired) electrons. The topological polar surface area (TPSA) is 75.7 Å². The number of ether oxygens (including phenoxy) is 1. The number of thioether (sulfide) groups is 1. The fourth-order valence-corrected chi connectivity index (χ4v) is 4.33. The van der Waals surface area contributed by atoms with Gasteiger partial charge in [0, 0.05) is 10.6 Å². The van der Waals surface area contributed by atoms with E-state index in [2.05, 4.69) is 10.1 Å². The van der Waals surface area contributed by atoms with Crippen molar-refractivity contribution in [3.05, 3.63) is 34.2 Å². The van der Waals surface area contributed by atoms with Crippen molar-refractivity contribution in [2.75, 3.05) is 12.9 Å². The van der Waals surface area contributed by atoms with E-state index >= 15 is 0 Å². The molecular formula is C14H14N2O4S2. The quantitative estimate of drug-likeness (QED) is 0.648. The van der Waals surface area contributed by atoms with Crippen LogP contribution in [0.4, 0.5) is 0 Å². The Kier molecular flexibility index (Phi) is 4.21. The van der Waals surface area contributed by atoms with Gasteiger partial charge in [0.25, 0.3) is 5.91 Å². The first kappa shape index (κ1) is 15.1. The summed E-state index contributed by atoms with van der Waals surface area (Å²) in [4.78, 5) is 38.2. The lowest BCUT2D eigenvalue weighted by atomic mass is 10.0. The lowest BCUT2D eigenvalue weighted by Gasteiger charge is -2.48. The minimum Gasteiger partial charge on any atom is -0.464 e. The maximum Gasteiger partial charge on any atom is 0.354 e. The van der Waals surface area contributed by atoms with Crippen molar-refractivity contribution in [3.8, 4) is 0 Å². The van der Waals surface area contributed by atoms with E-state index < -0.39 is 12.0 Å². The Morgan fingerprint density at radius 3 is 3.00 bits per heavy atom. The number of amides is 2. The highest BCUT2D eigenvalue weighted by Crippen LogP contribution is 2.37. The monoisotopic (exact) mass is 338 g/mol. The van der Waals surface area contributed by atoms with Crippen LogP contribution in [-0.2, 0) is 25.5 Å². The number of hydrogen-bond donors (Lipinski definition) is 1. The molecule has 3 heterocycles. The van der Waals surface area contributed by atoms with Gasteiger partial charge in [0.15, 0.2) is 0 Å². The van der Waals surface area contributed by atoms with Gasteiger partial charge in [0.2, 0.25) is 5.91 Å². The van der Waals surface area contributed by atoms with Gasteiger partial charge in [-0.25, -0.2) is 4.79 Å². The summed E-state index contributed by atoms with van der Waals surface area (Å²) in [7, 11) is 1.28. The summed E-state index contributed by atoms with van der Waals surface area (Å²) in [6, 6.07) is 3.19. The van der Waals surface area contributed by atoms with Gasteiger partial charge in [0.05, 0.1) is 13.5 Å². The number of methoxy groups -OCH3 is 1. The standard InChI is InChI=1S/C14H14N2O4S2/c1-20-14(19)9-4-6-22-13-11(12(18)16(9)13)15-10(17)7-8-3-2-5-21-8/h2-5,11,13H,6-7H2,1H3,(H,15,17)/t11?,13-/m1/s1. The van der Waals surface area contributed by atoms with E-state index in [-0.39, 0.29) is 29.3 Å². The predicted octanol–water partition coefficient (Wildman–Crippen LogP) is 0.747. The maximum atomic E-state index is 12.2. The first-order valence-electron chi connectivity index (χ1n) is 6.66. The second-order valence-electron chi connectivity index (χ2n) is 4.81. The minimum atomic E-state index is -0.578. The average molecular weight is 338 g/mol. The third kappa shape index (κ3) is 2.64. The van der Waals surface area contributed by atoms with E-state index in [1.807, 2.05) is 17.5 Å². The number of carbonyl (C=O) groups is 3. The molecule has 0 aromatic carbocycles. The molecule has 1 aromatic heterocycles. The highest BCUT2D eigenvalue weighted by molar-refractivity contribution is 8.00. The largest absolute Gasteiger partial charge is 0.464 e. The van der Waals surface area contributed by atoms with Crippen LogP contribution in [0.1, 0.15) is 4.88 Å². The molecule has 3 rings (SSSR count). The molecule has 8 heteroatoms. The number of carbonyl (C=O) groups excluding carboxylic acids is 3. The van der Waals surface area contributed by atoms with E-state index in [1.54, 1.807) is 6.08 Å². The van der Waals surface area contributed by atoms with Crippen LogP contribution in [-0.4, -0.2) is 47.0 Å². The van der Waals surface area contributed by atoms with E-state index in [4.69, 9.17) is 0 Å². The number of fused-ring (bicyclic) bond motifs is 1. The third-order valence-electron chi connectivity index (χ3n) is 3.47. The molecule has 116 valence electrons. The van der Waals surface area contributed by atoms with Crippen molar-refractivity contribution in [2.45, 2.75) is 17.8 Å². The molecule has 0 aliphatic carbocycles. The van der Waals surface area contributed by atoms with Gasteiger partial charge in [-0.05, 0) is 17.5 Å². The summed E-state index contributed by atoms with van der Waals surface area (Å²) >= 11 is 3.02. The highest BCUT2D eigenvalue weighted by Gasteiger charge is 2.52. The van der Waals surface area contributed by atoms with Gasteiger partial charge >= 0.3 is 5.97 Å². The third-order valence-corrected chi connectivity index (χ3v) is 5.53. The van der Waals surface area contributed by atoms with Crippen molar-refractivity contribution in [3.63, 3.8) is 0 Å². The first-order chi connectivity index (χ1) is 10.6. The summed E-state index contributed by atoms with van der Waals surface area (Å²) in [6.45, 7) is 0. The number of rotatable bonds is 4. The molecule has 1 saturated heterocycles. The Morgan fingerprint density at radius 2 is 2.32 bits per heavy atom. The van der Waals surface area contributed by atoms with E-state index in [9.17, 15) is 14.4 Å². The number of nitrogens with one attached hydrogen (secondary N) is 1. The zero-order chi connectivity index (χ0) is 15.7. The molecule has 2 amide bonds. The minimum absolute atomic E-state index is 0.185. The van der Waals surface area contributed by atoms with Gasteiger partial charge in [-0.3, -0.25) is 14.5 Å². The molecule has 1 fully saturated rings. The molecular weight excluding hydrogens is 324 g/mol. The van der Waals surface area contributed by atoms with Gasteiger partial charge in [0.1, 0.15) is 17.1 Å². The molecule has 2 atom stereocenters. The van der Waals surface area contributed by atoms with Crippen LogP contribution in [0.5, 0.6) is 0 Å². The normalized spacial score (nSPS) is 23.2. The predicted molar refractivity (Wildman–Crippen MR) is 83.1 cm³/mol. The zero-order valence-corrected chi connectivity index (χ0v) is 13.4. The number of nitrogens with zero attached hydrogens (tertiary/aromatic N) is 1. The molecule has 1 aromatic rings. The number of β-lactam (4-membered cyclic amide) rings is 1. The Labute approximate surface area is 135 Å². The maximum absolute atomic E-state index is 12.2. The van der Waals surface area contributed by atoms with Crippen LogP contribution in [0.2, 0.25) is 0 Å². The van der Waals surface area contributed by atoms with Crippen molar-refractivity contribution in [1.82, 2.24) is 10.2 Å². The average Bonchev–Trinajstić information content (AvgIpc) is 3.03. The fraction of sp³-hybridized carbons (Fsp3) is 0.357. The van der Waals surface area contributed by atoms with Crippen LogP contribution in [0.3, 0.4) is 0 Å². The van der Waals surface area contributed by atoms with Crippen molar-refractivity contribution < 1.29 is 19.1 Å². The SMILES string of the molecule is COC(=O)C1=CCS[C@@H]2C(NC(=O)Cc3cccs3)C(=O)N12. The van der Waals surface area contributed by atoms with E-state index in [0.717, 1.165) is 4.88 Å². The van der Waals surface area contributed by atoms with Crippen LogP contribution in [0.15, 0.2) is 29.3 Å². The summed E-state index contributed by atoms with van der Waals surface area (Å²) in [5.74, 6) is -0.374. The second kappa shape index (κ2) is 6.13. The van der Waals surface area contributed by atoms with E-state index in [1.165, 1.54) is 35.1 Å². The highest BCUT2D eigenvalue weighted by atomic mass is 32.2. The summed E-state index contributed by atoms with van der Waals surface area (Å²) in [6.07, 6.45) is 1.94. The van der Waals surface area contributed by atoms with Crippen LogP contribution >= 0.6 is 23.1 Å². The van der Waals surface area contributed by atoms with Gasteiger partial charge in [-0.2, -0.15) is 0 Å². The molecule has 0 bridgehead atoms. The molecule has 2 aliphatic rings. The molecule has 0 spiro atoms. The molecule has 1 unspecified atom stereocenters. The van der Waals surface area contributed by atoms with Crippen molar-refractivity contribution in [2.24, 2.45) is 0 Å². The summed E-state index contributed by atoms with van der Waals surface area (Å²) in [5.41, 5.74) is 0.264. The van der Waals surface area contributed by atoms with Gasteiger partial charge in [-0.1, -0.05) is 6.07 Å². The Bertz CT molecular complexity index is 641.